The molecule has 3 rings (SSSR count). The molecule has 1 saturated heterocycles. The molecule has 5 heteroatoms. The van der Waals surface area contributed by atoms with Crippen molar-refractivity contribution in [2.75, 3.05) is 0 Å². The van der Waals surface area contributed by atoms with E-state index in [2.05, 4.69) is 13.1 Å². The molecular formula is C11H15ClO3Si. The molecule has 3 unspecified atom stereocenters. The van der Waals surface area contributed by atoms with Crippen molar-refractivity contribution in [1.82, 2.24) is 0 Å². The maximum atomic E-state index is 11.8. The van der Waals surface area contributed by atoms with Gasteiger partial charge in [0.25, 0.3) is 0 Å². The zero-order valence-electron chi connectivity index (χ0n) is 9.51. The molecule has 2 bridgehead atoms. The number of halogens is 1. The van der Waals surface area contributed by atoms with Crippen molar-refractivity contribution in [2.45, 2.75) is 43.8 Å². The van der Waals surface area contributed by atoms with E-state index >= 15 is 0 Å². The monoisotopic (exact) mass is 258 g/mol. The molecule has 0 aromatic rings. The fraction of sp³-hybridized carbons (Fsp3) is 0.818. The molecule has 16 heavy (non-hydrogen) atoms. The minimum atomic E-state index is -1.85. The van der Waals surface area contributed by atoms with Crippen LogP contribution in [0.1, 0.15) is 25.7 Å². The number of carbonyl (C=O) groups is 2. The lowest BCUT2D eigenvalue weighted by molar-refractivity contribution is -0.155. The number of fused-ring (bicyclic) bond motifs is 1. The SMILES string of the molecule is C[Si](C)(Cl)C12CCC3(C1)C(=O)OC(=O)C3C2. The zero-order valence-corrected chi connectivity index (χ0v) is 11.3. The third-order valence-electron chi connectivity index (χ3n) is 5.11. The summed E-state index contributed by atoms with van der Waals surface area (Å²) >= 11 is 6.60. The van der Waals surface area contributed by atoms with E-state index in [1.54, 1.807) is 0 Å². The van der Waals surface area contributed by atoms with E-state index in [0.717, 1.165) is 25.7 Å². The summed E-state index contributed by atoms with van der Waals surface area (Å²) in [6.07, 6.45) is 3.36. The smallest absolute Gasteiger partial charge is 0.320 e. The highest BCUT2D eigenvalue weighted by Crippen LogP contribution is 2.74. The van der Waals surface area contributed by atoms with Gasteiger partial charge in [-0.05, 0) is 30.7 Å². The summed E-state index contributed by atoms with van der Waals surface area (Å²) in [5, 5.41) is 0.0777. The molecule has 2 aliphatic carbocycles. The Bertz CT molecular complexity index is 403. The lowest BCUT2D eigenvalue weighted by atomic mass is 9.77. The average Bonchev–Trinajstić information content (AvgIpc) is 2.76. The second-order valence-corrected chi connectivity index (χ2v) is 12.9. The largest absolute Gasteiger partial charge is 0.392 e. The molecule has 3 fully saturated rings. The van der Waals surface area contributed by atoms with Gasteiger partial charge >= 0.3 is 11.9 Å². The molecular weight excluding hydrogens is 244 g/mol. The van der Waals surface area contributed by atoms with E-state index in [1.165, 1.54) is 0 Å². The lowest BCUT2D eigenvalue weighted by Gasteiger charge is -2.37. The van der Waals surface area contributed by atoms with Crippen molar-refractivity contribution < 1.29 is 14.3 Å². The second-order valence-electron chi connectivity index (χ2n) is 6.05. The minimum absolute atomic E-state index is 0.0777. The number of cyclic esters (lactones) is 2. The molecule has 0 aromatic carbocycles. The van der Waals surface area contributed by atoms with Crippen LogP contribution in [0.25, 0.3) is 0 Å². The first kappa shape index (κ1) is 10.8. The Kier molecular flexibility index (Phi) is 1.83. The molecule has 0 aromatic heterocycles. The zero-order chi connectivity index (χ0) is 11.8. The Labute approximate surface area is 100 Å². The summed E-state index contributed by atoms with van der Waals surface area (Å²) in [6, 6.07) is 0. The minimum Gasteiger partial charge on any atom is -0.392 e. The van der Waals surface area contributed by atoms with E-state index in [1.807, 2.05) is 0 Å². The fourth-order valence-electron chi connectivity index (χ4n) is 3.94. The molecule has 1 spiro atoms. The van der Waals surface area contributed by atoms with Gasteiger partial charge in [0.2, 0.25) is 0 Å². The molecule has 3 aliphatic rings. The Morgan fingerprint density at radius 1 is 1.38 bits per heavy atom. The van der Waals surface area contributed by atoms with E-state index in [0.29, 0.717) is 0 Å². The van der Waals surface area contributed by atoms with Gasteiger partial charge in [0.1, 0.15) is 0 Å². The van der Waals surface area contributed by atoms with Crippen molar-refractivity contribution in [3.63, 3.8) is 0 Å². The summed E-state index contributed by atoms with van der Waals surface area (Å²) in [5.41, 5.74) is -0.490. The van der Waals surface area contributed by atoms with Crippen LogP contribution in [0.2, 0.25) is 18.1 Å². The van der Waals surface area contributed by atoms with Crippen LogP contribution in [-0.4, -0.2) is 19.3 Å². The van der Waals surface area contributed by atoms with Crippen molar-refractivity contribution in [2.24, 2.45) is 11.3 Å². The normalized spacial score (nSPS) is 46.1. The van der Waals surface area contributed by atoms with Crippen LogP contribution >= 0.6 is 11.1 Å². The van der Waals surface area contributed by atoms with Gasteiger partial charge in [-0.3, -0.25) is 9.59 Å². The second kappa shape index (κ2) is 2.72. The number of hydrogen-bond acceptors (Lipinski definition) is 3. The summed E-state index contributed by atoms with van der Waals surface area (Å²) < 4.78 is 4.80. The Morgan fingerprint density at radius 3 is 2.62 bits per heavy atom. The number of carbonyl (C=O) groups excluding carboxylic acids is 2. The van der Waals surface area contributed by atoms with Gasteiger partial charge in [0, 0.05) is 0 Å². The van der Waals surface area contributed by atoms with E-state index < -0.39 is 12.8 Å². The average molecular weight is 259 g/mol. The Morgan fingerprint density at radius 2 is 2.06 bits per heavy atom. The summed E-state index contributed by atoms with van der Waals surface area (Å²) in [4.78, 5) is 23.5. The maximum Gasteiger partial charge on any atom is 0.320 e. The van der Waals surface area contributed by atoms with Crippen molar-refractivity contribution in [3.8, 4) is 0 Å². The third-order valence-corrected chi connectivity index (χ3v) is 9.47. The number of rotatable bonds is 1. The van der Waals surface area contributed by atoms with Crippen molar-refractivity contribution in [3.05, 3.63) is 0 Å². The first-order valence-electron chi connectivity index (χ1n) is 5.76. The van der Waals surface area contributed by atoms with Crippen LogP contribution in [-0.2, 0) is 14.3 Å². The Hall–Kier alpha value is -0.353. The van der Waals surface area contributed by atoms with E-state index in [4.69, 9.17) is 15.8 Å². The van der Waals surface area contributed by atoms with E-state index in [9.17, 15) is 9.59 Å². The third kappa shape index (κ3) is 1.00. The molecule has 3 nitrogen and oxygen atoms in total. The predicted molar refractivity (Wildman–Crippen MR) is 61.5 cm³/mol. The summed E-state index contributed by atoms with van der Waals surface area (Å²) in [6.45, 7) is 4.26. The van der Waals surface area contributed by atoms with Gasteiger partial charge in [0.15, 0.2) is 7.38 Å². The predicted octanol–water partition coefficient (Wildman–Crippen LogP) is 2.44. The molecule has 88 valence electrons. The quantitative estimate of drug-likeness (QED) is 0.314. The highest BCUT2D eigenvalue weighted by molar-refractivity contribution is 7.20. The number of hydrogen-bond donors (Lipinski definition) is 0. The van der Waals surface area contributed by atoms with Crippen molar-refractivity contribution >= 4 is 30.4 Å². The van der Waals surface area contributed by atoms with Crippen LogP contribution in [0.3, 0.4) is 0 Å². The highest BCUT2D eigenvalue weighted by atomic mass is 35.6. The Balaban J connectivity index is 2.05. The summed E-state index contributed by atoms with van der Waals surface area (Å²) in [5.74, 6) is -0.780. The van der Waals surface area contributed by atoms with Crippen LogP contribution < -0.4 is 0 Å². The van der Waals surface area contributed by atoms with Crippen LogP contribution in [0, 0.1) is 11.3 Å². The van der Waals surface area contributed by atoms with Gasteiger partial charge < -0.3 is 4.74 Å². The standard InChI is InChI=1S/C11H15ClO3Si/c1-16(2,12)10-3-4-11(6-10)7(5-10)8(13)15-9(11)14/h7H,3-6H2,1-2H3. The molecule has 3 atom stereocenters. The topological polar surface area (TPSA) is 43.4 Å². The van der Waals surface area contributed by atoms with E-state index in [-0.39, 0.29) is 22.9 Å². The van der Waals surface area contributed by atoms with Gasteiger partial charge in [-0.1, -0.05) is 13.1 Å². The van der Waals surface area contributed by atoms with Crippen LogP contribution in [0.5, 0.6) is 0 Å². The molecule has 0 radical (unpaired) electrons. The fourth-order valence-corrected chi connectivity index (χ4v) is 6.80. The maximum absolute atomic E-state index is 11.8. The number of esters is 2. The summed E-state index contributed by atoms with van der Waals surface area (Å²) in [7, 11) is -1.85. The molecule has 0 amide bonds. The molecule has 0 N–H and O–H groups in total. The van der Waals surface area contributed by atoms with Crippen LogP contribution in [0.4, 0.5) is 0 Å². The van der Waals surface area contributed by atoms with Gasteiger partial charge in [-0.2, -0.15) is 11.1 Å². The highest BCUT2D eigenvalue weighted by Gasteiger charge is 2.73. The van der Waals surface area contributed by atoms with Gasteiger partial charge in [0.05, 0.1) is 11.3 Å². The van der Waals surface area contributed by atoms with Gasteiger partial charge in [-0.25, -0.2) is 0 Å². The number of ether oxygens (including phenoxy) is 1. The molecule has 1 aliphatic heterocycles. The first-order valence-corrected chi connectivity index (χ1v) is 9.77. The first-order chi connectivity index (χ1) is 7.31. The van der Waals surface area contributed by atoms with Crippen molar-refractivity contribution in [1.29, 1.82) is 0 Å². The lowest BCUT2D eigenvalue weighted by Crippen LogP contribution is -2.36. The molecule has 2 saturated carbocycles. The van der Waals surface area contributed by atoms with Gasteiger partial charge in [-0.15, -0.1) is 0 Å². The van der Waals surface area contributed by atoms with Crippen LogP contribution in [0.15, 0.2) is 0 Å². The molecule has 1 heterocycles.